The number of hydrogen-bond donors (Lipinski definition) is 1. The van der Waals surface area contributed by atoms with Gasteiger partial charge in [0, 0.05) is 31.5 Å². The molecule has 0 aromatic heterocycles. The van der Waals surface area contributed by atoms with Gasteiger partial charge in [-0.3, -0.25) is 4.90 Å². The quantitative estimate of drug-likeness (QED) is 0.796. The van der Waals surface area contributed by atoms with Crippen molar-refractivity contribution in [2.45, 2.75) is 25.8 Å². The minimum absolute atomic E-state index is 0.119. The lowest BCUT2D eigenvalue weighted by Gasteiger charge is -2.54. The molecule has 2 N–H and O–H groups in total. The van der Waals surface area contributed by atoms with Crippen LogP contribution in [0.5, 0.6) is 0 Å². The van der Waals surface area contributed by atoms with E-state index in [0.717, 1.165) is 25.4 Å². The van der Waals surface area contributed by atoms with Crippen LogP contribution in [0.3, 0.4) is 0 Å². The molecule has 1 aliphatic rings. The monoisotopic (exact) mass is 246 g/mol. The summed E-state index contributed by atoms with van der Waals surface area (Å²) in [6, 6.07) is 0. The standard InChI is InChI=1S/C12H26N2OS/c1-11(2)5-8-16-10-12(11,9-13)14(3)6-7-15-4/h5-10,13H2,1-4H3. The molecule has 1 rings (SSSR count). The van der Waals surface area contributed by atoms with E-state index in [2.05, 4.69) is 25.8 Å². The molecule has 0 radical (unpaired) electrons. The topological polar surface area (TPSA) is 38.5 Å². The van der Waals surface area contributed by atoms with Gasteiger partial charge in [-0.05, 0) is 24.6 Å². The highest BCUT2D eigenvalue weighted by Crippen LogP contribution is 2.44. The summed E-state index contributed by atoms with van der Waals surface area (Å²) in [5.74, 6) is 2.39. The lowest BCUT2D eigenvalue weighted by atomic mass is 9.70. The molecule has 0 aromatic carbocycles. The van der Waals surface area contributed by atoms with E-state index in [4.69, 9.17) is 10.5 Å². The van der Waals surface area contributed by atoms with Crippen molar-refractivity contribution in [3.8, 4) is 0 Å². The summed E-state index contributed by atoms with van der Waals surface area (Å²) in [6.07, 6.45) is 1.24. The number of nitrogens with zero attached hydrogens (tertiary/aromatic N) is 1. The SMILES string of the molecule is COCCN(C)C1(CN)CSCCC1(C)C. The third-order valence-electron chi connectivity index (χ3n) is 4.17. The predicted octanol–water partition coefficient (Wildman–Crippen LogP) is 1.43. The van der Waals surface area contributed by atoms with Gasteiger partial charge in [0.25, 0.3) is 0 Å². The molecule has 1 atom stereocenters. The van der Waals surface area contributed by atoms with E-state index in [9.17, 15) is 0 Å². The molecule has 1 saturated heterocycles. The molecule has 0 aromatic rings. The summed E-state index contributed by atoms with van der Waals surface area (Å²) < 4.78 is 5.17. The Hall–Kier alpha value is 0.230. The van der Waals surface area contributed by atoms with Gasteiger partial charge in [0.2, 0.25) is 0 Å². The molecule has 0 saturated carbocycles. The number of hydrogen-bond acceptors (Lipinski definition) is 4. The highest BCUT2D eigenvalue weighted by atomic mass is 32.2. The third kappa shape index (κ3) is 2.55. The lowest BCUT2D eigenvalue weighted by molar-refractivity contribution is 0.00594. The molecule has 0 bridgehead atoms. The number of nitrogens with two attached hydrogens (primary N) is 1. The molecule has 3 nitrogen and oxygen atoms in total. The smallest absolute Gasteiger partial charge is 0.0589 e. The highest BCUT2D eigenvalue weighted by molar-refractivity contribution is 7.99. The van der Waals surface area contributed by atoms with Crippen molar-refractivity contribution in [3.63, 3.8) is 0 Å². The van der Waals surface area contributed by atoms with Gasteiger partial charge < -0.3 is 10.5 Å². The van der Waals surface area contributed by atoms with Crippen LogP contribution < -0.4 is 5.73 Å². The Morgan fingerprint density at radius 3 is 2.62 bits per heavy atom. The molecular formula is C12H26N2OS. The summed E-state index contributed by atoms with van der Waals surface area (Å²) in [4.78, 5) is 2.41. The molecule has 4 heteroatoms. The summed E-state index contributed by atoms with van der Waals surface area (Å²) in [7, 11) is 3.93. The second kappa shape index (κ2) is 5.71. The lowest BCUT2D eigenvalue weighted by Crippen LogP contribution is -2.65. The van der Waals surface area contributed by atoms with E-state index in [-0.39, 0.29) is 11.0 Å². The fraction of sp³-hybridized carbons (Fsp3) is 1.00. The second-order valence-electron chi connectivity index (χ2n) is 5.34. The van der Waals surface area contributed by atoms with Crippen LogP contribution in [0.2, 0.25) is 0 Å². The molecular weight excluding hydrogens is 220 g/mol. The van der Waals surface area contributed by atoms with Crippen LogP contribution in [0.1, 0.15) is 20.3 Å². The van der Waals surface area contributed by atoms with Crippen molar-refractivity contribution >= 4 is 11.8 Å². The Morgan fingerprint density at radius 2 is 2.12 bits per heavy atom. The van der Waals surface area contributed by atoms with E-state index >= 15 is 0 Å². The first-order valence-electron chi connectivity index (χ1n) is 5.98. The minimum atomic E-state index is 0.119. The Bertz CT molecular complexity index is 223. The molecule has 0 amide bonds. The van der Waals surface area contributed by atoms with E-state index in [1.54, 1.807) is 7.11 Å². The zero-order valence-electron chi connectivity index (χ0n) is 11.1. The largest absolute Gasteiger partial charge is 0.383 e. The maximum atomic E-state index is 6.09. The number of methoxy groups -OCH3 is 1. The molecule has 96 valence electrons. The van der Waals surface area contributed by atoms with Crippen LogP contribution >= 0.6 is 11.8 Å². The average Bonchev–Trinajstić information content (AvgIpc) is 2.25. The van der Waals surface area contributed by atoms with Gasteiger partial charge >= 0.3 is 0 Å². The Morgan fingerprint density at radius 1 is 1.44 bits per heavy atom. The van der Waals surface area contributed by atoms with Gasteiger partial charge in [0.05, 0.1) is 6.61 Å². The van der Waals surface area contributed by atoms with Crippen LogP contribution in [0.25, 0.3) is 0 Å². The summed E-state index contributed by atoms with van der Waals surface area (Å²) in [6.45, 7) is 7.16. The van der Waals surface area contributed by atoms with E-state index in [1.165, 1.54) is 12.2 Å². The Labute approximate surface area is 104 Å². The first-order chi connectivity index (χ1) is 7.50. The van der Waals surface area contributed by atoms with Gasteiger partial charge in [-0.15, -0.1) is 0 Å². The summed E-state index contributed by atoms with van der Waals surface area (Å²) in [5, 5.41) is 0. The van der Waals surface area contributed by atoms with E-state index < -0.39 is 0 Å². The Kier molecular flexibility index (Phi) is 5.10. The van der Waals surface area contributed by atoms with Crippen molar-refractivity contribution in [2.24, 2.45) is 11.1 Å². The predicted molar refractivity (Wildman–Crippen MR) is 72.0 cm³/mol. The first-order valence-corrected chi connectivity index (χ1v) is 7.13. The van der Waals surface area contributed by atoms with Gasteiger partial charge in [0.15, 0.2) is 0 Å². The second-order valence-corrected chi connectivity index (χ2v) is 6.44. The highest BCUT2D eigenvalue weighted by Gasteiger charge is 2.48. The molecule has 16 heavy (non-hydrogen) atoms. The van der Waals surface area contributed by atoms with Gasteiger partial charge in [-0.25, -0.2) is 0 Å². The van der Waals surface area contributed by atoms with Crippen LogP contribution in [-0.2, 0) is 4.74 Å². The fourth-order valence-corrected chi connectivity index (χ4v) is 4.42. The zero-order valence-corrected chi connectivity index (χ0v) is 11.9. The Balaban J connectivity index is 2.80. The first kappa shape index (κ1) is 14.3. The maximum Gasteiger partial charge on any atom is 0.0589 e. The van der Waals surface area contributed by atoms with Crippen LogP contribution in [0, 0.1) is 5.41 Å². The van der Waals surface area contributed by atoms with Crippen molar-refractivity contribution in [1.82, 2.24) is 4.90 Å². The average molecular weight is 246 g/mol. The number of ether oxygens (including phenoxy) is 1. The van der Waals surface area contributed by atoms with Crippen molar-refractivity contribution < 1.29 is 4.74 Å². The van der Waals surface area contributed by atoms with Crippen molar-refractivity contribution in [2.75, 3.05) is 45.4 Å². The van der Waals surface area contributed by atoms with Crippen LogP contribution in [0.4, 0.5) is 0 Å². The number of likely N-dealkylation sites (N-methyl/N-ethyl adjacent to an activating group) is 1. The van der Waals surface area contributed by atoms with Gasteiger partial charge in [0.1, 0.15) is 0 Å². The normalized spacial score (nSPS) is 29.6. The summed E-state index contributed by atoms with van der Waals surface area (Å²) in [5.41, 5.74) is 6.50. The zero-order chi connectivity index (χ0) is 12.2. The van der Waals surface area contributed by atoms with E-state index in [1.807, 2.05) is 11.8 Å². The molecule has 0 aliphatic carbocycles. The molecule has 1 fully saturated rings. The van der Waals surface area contributed by atoms with Crippen molar-refractivity contribution in [3.05, 3.63) is 0 Å². The van der Waals surface area contributed by atoms with Crippen LogP contribution in [-0.4, -0.2) is 55.8 Å². The molecule has 1 heterocycles. The molecule has 1 unspecified atom stereocenters. The minimum Gasteiger partial charge on any atom is -0.383 e. The van der Waals surface area contributed by atoms with Gasteiger partial charge in [-0.1, -0.05) is 13.8 Å². The van der Waals surface area contributed by atoms with Crippen LogP contribution in [0.15, 0.2) is 0 Å². The van der Waals surface area contributed by atoms with Gasteiger partial charge in [-0.2, -0.15) is 11.8 Å². The van der Waals surface area contributed by atoms with E-state index in [0.29, 0.717) is 0 Å². The number of rotatable bonds is 5. The number of thioether (sulfide) groups is 1. The fourth-order valence-electron chi connectivity index (χ4n) is 2.56. The van der Waals surface area contributed by atoms with Crippen molar-refractivity contribution in [1.29, 1.82) is 0 Å². The maximum absolute atomic E-state index is 6.09. The molecule has 1 aliphatic heterocycles. The molecule has 0 spiro atoms. The summed E-state index contributed by atoms with van der Waals surface area (Å²) >= 11 is 2.03. The third-order valence-corrected chi connectivity index (χ3v) is 5.35.